The van der Waals surface area contributed by atoms with Gasteiger partial charge in [0.15, 0.2) is 0 Å². The molecule has 0 aromatic heterocycles. The van der Waals surface area contributed by atoms with Crippen molar-refractivity contribution in [2.24, 2.45) is 27.6 Å². The summed E-state index contributed by atoms with van der Waals surface area (Å²) in [4.78, 5) is 28.4. The van der Waals surface area contributed by atoms with Gasteiger partial charge in [-0.05, 0) is 160 Å². The smallest absolute Gasteiger partial charge is 0.312 e. The first kappa shape index (κ1) is 60.7. The van der Waals surface area contributed by atoms with Crippen molar-refractivity contribution >= 4 is 56.9 Å². The molecule has 1 fully saturated rings. The summed E-state index contributed by atoms with van der Waals surface area (Å²) < 4.78 is 6.58. The van der Waals surface area contributed by atoms with Gasteiger partial charge in [0.2, 0.25) is 0 Å². The highest BCUT2D eigenvalue weighted by molar-refractivity contribution is 8.16. The molecule has 0 amide bonds. The molecule has 1 saturated carbocycles. The number of hydrogen-bond acceptors (Lipinski definition) is 6. The highest BCUT2D eigenvalue weighted by atomic mass is 32.2. The fraction of sp³-hybridized carbons (Fsp3) is 0.547. The first-order valence-corrected chi connectivity index (χ1v) is 28.4. The van der Waals surface area contributed by atoms with Crippen molar-refractivity contribution in [2.45, 2.75) is 168 Å². The Morgan fingerprint density at radius 2 is 1.20 bits per heavy atom. The van der Waals surface area contributed by atoms with Gasteiger partial charge in [0.1, 0.15) is 12.9 Å². The molecule has 392 valence electrons. The zero-order chi connectivity index (χ0) is 53.5. The van der Waals surface area contributed by atoms with Gasteiger partial charge in [-0.25, -0.2) is 0 Å². The van der Waals surface area contributed by atoms with Crippen molar-refractivity contribution in [1.82, 2.24) is 0 Å². The molecule has 0 radical (unpaired) electrons. The molecule has 6 nitrogen and oxygen atoms in total. The maximum Gasteiger partial charge on any atom is 0.312 e. The van der Waals surface area contributed by atoms with Crippen LogP contribution in [0, 0.1) is 27.6 Å². The van der Waals surface area contributed by atoms with Crippen molar-refractivity contribution < 1.29 is 14.3 Å². The van der Waals surface area contributed by atoms with Crippen molar-refractivity contribution in [3.8, 4) is 0 Å². The van der Waals surface area contributed by atoms with Gasteiger partial charge in [0.25, 0.3) is 0 Å². The summed E-state index contributed by atoms with van der Waals surface area (Å²) in [5, 5.41) is 6.38. The van der Waals surface area contributed by atoms with Gasteiger partial charge in [-0.15, -0.1) is 0 Å². The number of fused-ring (bicyclic) bond motifs is 1. The highest BCUT2D eigenvalue weighted by Crippen LogP contribution is 2.48. The lowest BCUT2D eigenvalue weighted by atomic mass is 9.61. The molecule has 4 aromatic rings. The van der Waals surface area contributed by atoms with Gasteiger partial charge >= 0.3 is 5.97 Å². The van der Waals surface area contributed by atoms with Crippen molar-refractivity contribution in [2.75, 3.05) is 47.6 Å². The number of esters is 1. The summed E-state index contributed by atoms with van der Waals surface area (Å²) in [6.07, 6.45) is 11.3. The second kappa shape index (κ2) is 26.9. The number of hydrogen-bond donors (Lipinski definition) is 1. The molecule has 1 N–H and O–H groups in total. The minimum atomic E-state index is -0.594. The maximum atomic E-state index is 14.2. The zero-order valence-electron chi connectivity index (χ0n) is 47.9. The molecule has 5 rings (SSSR count). The molecule has 0 spiro atoms. The van der Waals surface area contributed by atoms with E-state index in [0.29, 0.717) is 11.3 Å². The van der Waals surface area contributed by atoms with E-state index in [1.807, 2.05) is 6.79 Å². The highest BCUT2D eigenvalue weighted by Gasteiger charge is 2.49. The van der Waals surface area contributed by atoms with Crippen molar-refractivity contribution in [1.29, 1.82) is 0 Å². The van der Waals surface area contributed by atoms with Crippen LogP contribution in [0.15, 0.2) is 108 Å². The number of ether oxygens (including phenoxy) is 1. The van der Waals surface area contributed by atoms with Crippen LogP contribution < -0.4 is 15.1 Å². The van der Waals surface area contributed by atoms with Crippen molar-refractivity contribution in [3.05, 3.63) is 124 Å². The normalized spacial score (nSPS) is 17.5. The van der Waals surface area contributed by atoms with E-state index < -0.39 is 5.41 Å². The van der Waals surface area contributed by atoms with Gasteiger partial charge in [0, 0.05) is 54.5 Å². The molecule has 0 bridgehead atoms. The lowest BCUT2D eigenvalue weighted by molar-refractivity contribution is -0.172. The van der Waals surface area contributed by atoms with E-state index in [1.54, 1.807) is 0 Å². The van der Waals surface area contributed by atoms with Gasteiger partial charge < -0.3 is 24.6 Å². The topological polar surface area (TPSA) is 61.9 Å². The van der Waals surface area contributed by atoms with E-state index in [0.717, 1.165) is 64.0 Å². The predicted octanol–water partition coefficient (Wildman–Crippen LogP) is 17.1. The Morgan fingerprint density at radius 3 is 1.63 bits per heavy atom. The minimum Gasteiger partial charge on any atom is -0.460 e. The number of rotatable bonds is 17. The summed E-state index contributed by atoms with van der Waals surface area (Å²) in [5.74, 6) is 4.65. The molecule has 0 aliphatic heterocycles. The Morgan fingerprint density at radius 1 is 0.718 bits per heavy atom. The van der Waals surface area contributed by atoms with Crippen LogP contribution in [0.25, 0.3) is 10.8 Å². The van der Waals surface area contributed by atoms with Gasteiger partial charge in [0.05, 0.1) is 11.5 Å². The lowest BCUT2D eigenvalue weighted by Gasteiger charge is -2.45. The average Bonchev–Trinajstić information content (AvgIpc) is 3.33. The number of anilines is 3. The summed E-state index contributed by atoms with van der Waals surface area (Å²) in [6, 6.07) is 31.9. The molecule has 4 aromatic carbocycles. The number of carbonyl (C=O) groups excluding carboxylic acids is 2. The Kier molecular flexibility index (Phi) is 23.0. The largest absolute Gasteiger partial charge is 0.460 e. The number of nitrogens with zero attached hydrogens (tertiary/aromatic N) is 2. The number of allylic oxidation sites excluding steroid dienone is 4. The van der Waals surface area contributed by atoms with Crippen LogP contribution in [-0.4, -0.2) is 63.2 Å². The van der Waals surface area contributed by atoms with Crippen LogP contribution in [0.5, 0.6) is 0 Å². The van der Waals surface area contributed by atoms with E-state index in [4.69, 9.17) is 9.53 Å². The summed E-state index contributed by atoms with van der Waals surface area (Å²) in [7, 11) is 0.155. The third-order valence-corrected chi connectivity index (χ3v) is 16.6. The molecule has 5 unspecified atom stereocenters. The van der Waals surface area contributed by atoms with Crippen LogP contribution in [0.4, 0.5) is 17.1 Å². The molecule has 0 saturated heterocycles. The summed E-state index contributed by atoms with van der Waals surface area (Å²) >= 11 is 0. The SMILES string of the molecule is C=O.C=S(C)/C(C)=C/C=C(\C)C(C)C(C)(C)C.CCN(CC)c1ccc(C(c2ccc(N(CC)CC)cc2)c2ccc(NC3CCCCC3OC(=O)C(C)(CC(C)(C)C)C(C)(C)C)c3ccccc23)cc1. The summed E-state index contributed by atoms with van der Waals surface area (Å²) in [5.41, 5.74) is 8.45. The second-order valence-corrected chi connectivity index (χ2v) is 25.3. The quantitative estimate of drug-likeness (QED) is 0.0492. The summed E-state index contributed by atoms with van der Waals surface area (Å²) in [6.45, 7) is 43.6. The fourth-order valence-corrected chi connectivity index (χ4v) is 10.3. The molecule has 5 atom stereocenters. The Labute approximate surface area is 436 Å². The molecule has 0 heterocycles. The third-order valence-electron chi connectivity index (χ3n) is 15.4. The fourth-order valence-electron chi connectivity index (χ4n) is 9.95. The van der Waals surface area contributed by atoms with Gasteiger partial charge in [-0.2, -0.15) is 10.5 Å². The first-order valence-electron chi connectivity index (χ1n) is 26.6. The standard InChI is InChI=1S/C49H69N3O2.C14H26S.CH2O/c1-12-51(13-2)37-28-24-35(25-29-37)45(36-26-30-38(31-27-36)52(14-3)15-4)41-32-33-42(40-21-17-16-20-39(40)41)50-43-22-18-19-23-44(43)54-46(53)49(11,48(8,9)10)34-47(5,6)7;1-11(13(3)14(4,5)6)9-10-12(2)15(7)8;1-2/h16-17,20-21,24-33,43-45,50H,12-15,18-19,22-23,34H2,1-11H3;9-10,13H,7H2,1-6,8H3;1H2/b;11-9+,12-10+;. The maximum absolute atomic E-state index is 14.2. The van der Waals surface area contributed by atoms with Crippen LogP contribution >= 0.6 is 10.5 Å². The van der Waals surface area contributed by atoms with E-state index in [9.17, 15) is 4.79 Å². The second-order valence-electron chi connectivity index (χ2n) is 23.4. The first-order chi connectivity index (χ1) is 33.3. The molecular weight excluding hydrogens is 891 g/mol. The minimum absolute atomic E-state index is 0.00456. The van der Waals surface area contributed by atoms with Crippen LogP contribution in [0.3, 0.4) is 0 Å². The van der Waals surface area contributed by atoms with Crippen molar-refractivity contribution in [3.63, 3.8) is 0 Å². The number of nitrogens with one attached hydrogen (secondary N) is 1. The number of benzene rings is 4. The molecule has 1 aliphatic carbocycles. The Hall–Kier alpha value is -4.62. The van der Waals surface area contributed by atoms with Crippen LogP contribution in [0.2, 0.25) is 0 Å². The van der Waals surface area contributed by atoms with E-state index >= 15 is 0 Å². The molecule has 1 aliphatic rings. The Balaban J connectivity index is 0.000000671. The van der Waals surface area contributed by atoms with Gasteiger partial charge in [-0.1, -0.05) is 154 Å². The third kappa shape index (κ3) is 16.4. The van der Waals surface area contributed by atoms with E-state index in [1.165, 1.54) is 49.3 Å². The number of carbonyl (C=O) groups is 2. The van der Waals surface area contributed by atoms with Crippen LogP contribution in [-0.2, 0) is 14.3 Å². The van der Waals surface area contributed by atoms with Gasteiger partial charge in [-0.3, -0.25) is 4.79 Å². The monoisotopic (exact) mass is 988 g/mol. The average molecular weight is 989 g/mol. The molecule has 7 heteroatoms. The van der Waals surface area contributed by atoms with E-state index in [-0.39, 0.29) is 45.3 Å². The zero-order valence-corrected chi connectivity index (χ0v) is 48.7. The Bertz CT molecular complexity index is 2300. The van der Waals surface area contributed by atoms with Crippen LogP contribution in [0.1, 0.15) is 172 Å². The predicted molar refractivity (Wildman–Crippen MR) is 316 cm³/mol. The van der Waals surface area contributed by atoms with E-state index in [2.05, 4.69) is 242 Å². The molecule has 71 heavy (non-hydrogen) atoms. The lowest BCUT2D eigenvalue weighted by Crippen LogP contribution is -2.48. The molecular formula is C64H97N3O3S.